The third-order valence-electron chi connectivity index (χ3n) is 3.00. The minimum atomic E-state index is 0.760. The summed E-state index contributed by atoms with van der Waals surface area (Å²) < 4.78 is 6.10. The molecule has 0 atom stereocenters. The number of methoxy groups -OCH3 is 1. The van der Waals surface area contributed by atoms with Crippen molar-refractivity contribution in [3.63, 3.8) is 0 Å². The number of rotatable bonds is 4. The molecule has 0 unspecified atom stereocenters. The summed E-state index contributed by atoms with van der Waals surface area (Å²) in [7, 11) is 3.73. The maximum Gasteiger partial charge on any atom is 0.119 e. The first kappa shape index (κ1) is 13.7. The van der Waals surface area contributed by atoms with Crippen LogP contribution in [-0.4, -0.2) is 14.2 Å². The molecule has 0 aliphatic heterocycles. The Morgan fingerprint density at radius 2 is 1.84 bits per heavy atom. The second-order valence-electron chi connectivity index (χ2n) is 4.41. The summed E-state index contributed by atoms with van der Waals surface area (Å²) in [6.07, 6.45) is 0. The van der Waals surface area contributed by atoms with Crippen LogP contribution in [0.1, 0.15) is 5.56 Å². The lowest BCUT2D eigenvalue weighted by atomic mass is 10.2. The molecule has 0 saturated heterocycles. The summed E-state index contributed by atoms with van der Waals surface area (Å²) in [5.74, 6) is 0.868. The Labute approximate surface area is 122 Å². The SMILES string of the molecule is COc1ccc(N(C)Cc2ccc(N)c(Br)c2)cc1. The van der Waals surface area contributed by atoms with Gasteiger partial charge in [0.2, 0.25) is 0 Å². The van der Waals surface area contributed by atoms with Gasteiger partial charge in [-0.05, 0) is 57.9 Å². The number of nitrogen functional groups attached to an aromatic ring is 1. The molecule has 2 rings (SSSR count). The van der Waals surface area contributed by atoms with E-state index in [-0.39, 0.29) is 0 Å². The average Bonchev–Trinajstić information content (AvgIpc) is 2.43. The molecule has 100 valence electrons. The monoisotopic (exact) mass is 320 g/mol. The van der Waals surface area contributed by atoms with Gasteiger partial charge in [-0.3, -0.25) is 0 Å². The molecule has 0 aromatic heterocycles. The van der Waals surface area contributed by atoms with Gasteiger partial charge in [-0.15, -0.1) is 0 Å². The number of ether oxygens (including phenoxy) is 1. The Kier molecular flexibility index (Phi) is 4.32. The van der Waals surface area contributed by atoms with Crippen LogP contribution in [0.25, 0.3) is 0 Å². The van der Waals surface area contributed by atoms with Crippen LogP contribution in [0.15, 0.2) is 46.9 Å². The van der Waals surface area contributed by atoms with E-state index in [0.29, 0.717) is 0 Å². The van der Waals surface area contributed by atoms with Gasteiger partial charge >= 0.3 is 0 Å². The van der Waals surface area contributed by atoms with Gasteiger partial charge in [-0.1, -0.05) is 6.07 Å². The van der Waals surface area contributed by atoms with E-state index in [1.165, 1.54) is 5.56 Å². The minimum absolute atomic E-state index is 0.760. The highest BCUT2D eigenvalue weighted by molar-refractivity contribution is 9.10. The predicted octanol–water partition coefficient (Wildman–Crippen LogP) is 3.68. The molecular weight excluding hydrogens is 304 g/mol. The predicted molar refractivity (Wildman–Crippen MR) is 83.7 cm³/mol. The Balaban J connectivity index is 2.10. The molecule has 0 aliphatic rings. The summed E-state index contributed by atoms with van der Waals surface area (Å²) in [6, 6.07) is 14.0. The second-order valence-corrected chi connectivity index (χ2v) is 5.26. The molecule has 0 fully saturated rings. The maximum atomic E-state index is 5.79. The molecule has 19 heavy (non-hydrogen) atoms. The first-order valence-corrected chi connectivity index (χ1v) is 6.78. The van der Waals surface area contributed by atoms with Gasteiger partial charge in [-0.2, -0.15) is 0 Å². The molecule has 3 nitrogen and oxygen atoms in total. The van der Waals surface area contributed by atoms with Crippen molar-refractivity contribution in [2.75, 3.05) is 24.8 Å². The fourth-order valence-electron chi connectivity index (χ4n) is 1.87. The fourth-order valence-corrected chi connectivity index (χ4v) is 2.30. The minimum Gasteiger partial charge on any atom is -0.497 e. The largest absolute Gasteiger partial charge is 0.497 e. The van der Waals surface area contributed by atoms with Gasteiger partial charge in [0, 0.05) is 29.4 Å². The summed E-state index contributed by atoms with van der Waals surface area (Å²) in [6.45, 7) is 0.825. The standard InChI is InChI=1S/C15H17BrN2O/c1-18(12-4-6-13(19-2)7-5-12)10-11-3-8-15(17)14(16)9-11/h3-9H,10,17H2,1-2H3. The summed E-state index contributed by atoms with van der Waals surface area (Å²) in [5.41, 5.74) is 8.90. The summed E-state index contributed by atoms with van der Waals surface area (Å²) in [4.78, 5) is 2.18. The average molecular weight is 321 g/mol. The van der Waals surface area contributed by atoms with Crippen molar-refractivity contribution in [3.8, 4) is 5.75 Å². The maximum absolute atomic E-state index is 5.79. The van der Waals surface area contributed by atoms with Crippen LogP contribution >= 0.6 is 15.9 Å². The van der Waals surface area contributed by atoms with Crippen LogP contribution in [0.5, 0.6) is 5.75 Å². The number of benzene rings is 2. The summed E-state index contributed by atoms with van der Waals surface area (Å²) >= 11 is 3.45. The van der Waals surface area contributed by atoms with Crippen LogP contribution in [-0.2, 0) is 6.54 Å². The highest BCUT2D eigenvalue weighted by Gasteiger charge is 2.04. The van der Waals surface area contributed by atoms with Crippen molar-refractivity contribution in [1.82, 2.24) is 0 Å². The molecule has 0 amide bonds. The lowest BCUT2D eigenvalue weighted by Gasteiger charge is -2.20. The van der Waals surface area contributed by atoms with Crippen molar-refractivity contribution in [1.29, 1.82) is 0 Å². The van der Waals surface area contributed by atoms with E-state index in [1.807, 2.05) is 36.4 Å². The van der Waals surface area contributed by atoms with Gasteiger partial charge in [0.1, 0.15) is 5.75 Å². The van der Waals surface area contributed by atoms with Gasteiger partial charge in [0.15, 0.2) is 0 Å². The lowest BCUT2D eigenvalue weighted by Crippen LogP contribution is -2.16. The zero-order chi connectivity index (χ0) is 13.8. The Morgan fingerprint density at radius 1 is 1.16 bits per heavy atom. The molecule has 2 aromatic rings. The van der Waals surface area contributed by atoms with Crippen LogP contribution < -0.4 is 15.4 Å². The van der Waals surface area contributed by atoms with Crippen molar-refractivity contribution >= 4 is 27.3 Å². The van der Waals surface area contributed by atoms with E-state index in [0.717, 1.165) is 28.1 Å². The molecule has 4 heteroatoms. The number of nitrogens with two attached hydrogens (primary N) is 1. The number of nitrogens with zero attached hydrogens (tertiary/aromatic N) is 1. The van der Waals surface area contributed by atoms with Crippen LogP contribution in [0.4, 0.5) is 11.4 Å². The van der Waals surface area contributed by atoms with E-state index >= 15 is 0 Å². The highest BCUT2D eigenvalue weighted by atomic mass is 79.9. The lowest BCUT2D eigenvalue weighted by molar-refractivity contribution is 0.415. The number of halogens is 1. The van der Waals surface area contributed by atoms with Crippen molar-refractivity contribution in [3.05, 3.63) is 52.5 Å². The molecule has 0 aliphatic carbocycles. The first-order valence-electron chi connectivity index (χ1n) is 5.99. The molecule has 0 saturated carbocycles. The number of hydrogen-bond acceptors (Lipinski definition) is 3. The Bertz CT molecular complexity index is 555. The smallest absolute Gasteiger partial charge is 0.119 e. The zero-order valence-corrected chi connectivity index (χ0v) is 12.6. The van der Waals surface area contributed by atoms with Gasteiger partial charge in [0.25, 0.3) is 0 Å². The van der Waals surface area contributed by atoms with Crippen molar-refractivity contribution in [2.24, 2.45) is 0 Å². The van der Waals surface area contributed by atoms with Gasteiger partial charge in [0.05, 0.1) is 7.11 Å². The second kappa shape index (κ2) is 5.97. The third kappa shape index (κ3) is 3.41. The van der Waals surface area contributed by atoms with E-state index < -0.39 is 0 Å². The zero-order valence-electron chi connectivity index (χ0n) is 11.1. The third-order valence-corrected chi connectivity index (χ3v) is 3.68. The Morgan fingerprint density at radius 3 is 2.42 bits per heavy atom. The topological polar surface area (TPSA) is 38.5 Å². The molecule has 2 N–H and O–H groups in total. The van der Waals surface area contributed by atoms with E-state index in [4.69, 9.17) is 10.5 Å². The van der Waals surface area contributed by atoms with Crippen molar-refractivity contribution in [2.45, 2.75) is 6.54 Å². The molecule has 0 heterocycles. The molecule has 0 bridgehead atoms. The molecule has 2 aromatic carbocycles. The normalized spacial score (nSPS) is 10.3. The Hall–Kier alpha value is -1.68. The molecule has 0 radical (unpaired) electrons. The first-order chi connectivity index (χ1) is 9.10. The van der Waals surface area contributed by atoms with Crippen LogP contribution in [0, 0.1) is 0 Å². The number of anilines is 2. The van der Waals surface area contributed by atoms with Crippen molar-refractivity contribution < 1.29 is 4.74 Å². The number of hydrogen-bond donors (Lipinski definition) is 1. The van der Waals surface area contributed by atoms with E-state index in [2.05, 4.69) is 33.9 Å². The van der Waals surface area contributed by atoms with Gasteiger partial charge in [-0.25, -0.2) is 0 Å². The van der Waals surface area contributed by atoms with Gasteiger partial charge < -0.3 is 15.4 Å². The highest BCUT2D eigenvalue weighted by Crippen LogP contribution is 2.23. The summed E-state index contributed by atoms with van der Waals surface area (Å²) in [5, 5.41) is 0. The molecule has 0 spiro atoms. The van der Waals surface area contributed by atoms with E-state index in [9.17, 15) is 0 Å². The van der Waals surface area contributed by atoms with Crippen LogP contribution in [0.2, 0.25) is 0 Å². The van der Waals surface area contributed by atoms with Crippen LogP contribution in [0.3, 0.4) is 0 Å². The quantitative estimate of drug-likeness (QED) is 0.873. The van der Waals surface area contributed by atoms with E-state index in [1.54, 1.807) is 7.11 Å². The fraction of sp³-hybridized carbons (Fsp3) is 0.200. The molecular formula is C15H17BrN2O.